The number of hydrogen-bond donors (Lipinski definition) is 1. The van der Waals surface area contributed by atoms with Gasteiger partial charge in [0.25, 0.3) is 0 Å². The number of sulfonamides is 1. The van der Waals surface area contributed by atoms with Gasteiger partial charge in [0, 0.05) is 43.5 Å². The van der Waals surface area contributed by atoms with E-state index in [1.807, 2.05) is 23.9 Å². The van der Waals surface area contributed by atoms with Gasteiger partial charge in [-0.25, -0.2) is 13.4 Å². The van der Waals surface area contributed by atoms with Crippen molar-refractivity contribution < 1.29 is 23.1 Å². The van der Waals surface area contributed by atoms with Crippen LogP contribution in [0.15, 0.2) is 71.6 Å². The third kappa shape index (κ3) is 3.91. The Hall–Kier alpha value is -3.95. The third-order valence-electron chi connectivity index (χ3n) is 6.97. The van der Waals surface area contributed by atoms with Gasteiger partial charge in [0.1, 0.15) is 22.7 Å². The number of piperidine rings is 1. The SMILES string of the molecule is Cn1cc(C=C2Oc3cccc(O)c3C2=O)c2c(-c3ccc(S(=O)(=O)N4CCCCC4)cc3)ccnc21. The van der Waals surface area contributed by atoms with Gasteiger partial charge in [-0.2, -0.15) is 4.31 Å². The molecule has 2 aromatic heterocycles. The van der Waals surface area contributed by atoms with Crippen LogP contribution in [0.25, 0.3) is 28.2 Å². The number of allylic oxidation sites excluding steroid dienone is 1. The number of rotatable bonds is 4. The highest BCUT2D eigenvalue weighted by Gasteiger charge is 2.31. The van der Waals surface area contributed by atoms with E-state index in [0.29, 0.717) is 24.5 Å². The van der Waals surface area contributed by atoms with Crippen LogP contribution in [0.3, 0.4) is 0 Å². The molecule has 4 heterocycles. The first kappa shape index (κ1) is 23.4. The lowest BCUT2D eigenvalue weighted by Gasteiger charge is -2.25. The summed E-state index contributed by atoms with van der Waals surface area (Å²) in [7, 11) is -1.66. The molecule has 0 atom stereocenters. The van der Waals surface area contributed by atoms with E-state index in [9.17, 15) is 18.3 Å². The zero-order chi connectivity index (χ0) is 25.7. The second kappa shape index (κ2) is 8.86. The van der Waals surface area contributed by atoms with E-state index in [4.69, 9.17) is 4.74 Å². The zero-order valence-electron chi connectivity index (χ0n) is 20.2. The number of Topliss-reactive ketones (excluding diaryl/α,β-unsaturated/α-hetero) is 1. The van der Waals surface area contributed by atoms with Gasteiger partial charge in [-0.1, -0.05) is 24.6 Å². The minimum atomic E-state index is -3.53. The number of benzene rings is 2. The minimum absolute atomic E-state index is 0.113. The number of hydrogen-bond acceptors (Lipinski definition) is 6. The summed E-state index contributed by atoms with van der Waals surface area (Å²) in [5.41, 5.74) is 3.26. The molecule has 0 amide bonds. The summed E-state index contributed by atoms with van der Waals surface area (Å²) in [4.78, 5) is 17.7. The summed E-state index contributed by atoms with van der Waals surface area (Å²) >= 11 is 0. The number of nitrogens with zero attached hydrogens (tertiary/aromatic N) is 3. The second-order valence-corrected chi connectivity index (χ2v) is 11.3. The number of phenols is 1. The van der Waals surface area contributed by atoms with Crippen LogP contribution in [0.5, 0.6) is 11.5 Å². The van der Waals surface area contributed by atoms with Crippen molar-refractivity contribution in [1.82, 2.24) is 13.9 Å². The van der Waals surface area contributed by atoms with Crippen molar-refractivity contribution in [3.63, 3.8) is 0 Å². The number of aromatic hydroxyl groups is 1. The van der Waals surface area contributed by atoms with Gasteiger partial charge in [0.15, 0.2) is 5.76 Å². The van der Waals surface area contributed by atoms with Crippen molar-refractivity contribution in [2.24, 2.45) is 7.05 Å². The molecule has 8 nitrogen and oxygen atoms in total. The van der Waals surface area contributed by atoms with Crippen molar-refractivity contribution >= 4 is 32.9 Å². The van der Waals surface area contributed by atoms with Crippen LogP contribution in [0, 0.1) is 0 Å². The van der Waals surface area contributed by atoms with Gasteiger partial charge in [0.2, 0.25) is 15.8 Å². The molecule has 0 unspecified atom stereocenters. The number of aromatic nitrogens is 2. The third-order valence-corrected chi connectivity index (χ3v) is 8.88. The number of carbonyl (C=O) groups is 1. The predicted octanol–water partition coefficient (Wildman–Crippen LogP) is 4.74. The van der Waals surface area contributed by atoms with Crippen molar-refractivity contribution in [2.75, 3.05) is 13.1 Å². The molecule has 6 rings (SSSR count). The van der Waals surface area contributed by atoms with Gasteiger partial charge >= 0.3 is 0 Å². The fourth-order valence-corrected chi connectivity index (χ4v) is 6.62. The number of phenolic OH excluding ortho intramolecular Hbond substituents is 1. The lowest BCUT2D eigenvalue weighted by Crippen LogP contribution is -2.35. The first-order valence-corrected chi connectivity index (χ1v) is 13.6. The number of ketones is 1. The van der Waals surface area contributed by atoms with E-state index in [0.717, 1.165) is 41.3 Å². The smallest absolute Gasteiger partial charge is 0.243 e. The van der Waals surface area contributed by atoms with Crippen molar-refractivity contribution in [1.29, 1.82) is 0 Å². The van der Waals surface area contributed by atoms with E-state index in [1.165, 1.54) is 6.07 Å². The zero-order valence-corrected chi connectivity index (χ0v) is 21.0. The van der Waals surface area contributed by atoms with Crippen LogP contribution in [-0.2, 0) is 17.1 Å². The lowest BCUT2D eigenvalue weighted by atomic mass is 10.0. The van der Waals surface area contributed by atoms with Crippen LogP contribution < -0.4 is 4.74 Å². The Bertz CT molecular complexity index is 1680. The highest BCUT2D eigenvalue weighted by molar-refractivity contribution is 7.89. The normalized spacial score (nSPS) is 17.3. The number of ether oxygens (including phenoxy) is 1. The molecule has 0 bridgehead atoms. The van der Waals surface area contributed by atoms with Crippen molar-refractivity contribution in [3.05, 3.63) is 77.8 Å². The standard InChI is InChI=1S/C28H25N3O5S/c1-30-17-19(16-24-27(33)26-22(32)6-5-7-23(26)36-24)25-21(12-13-29-28(25)30)18-8-10-20(11-9-18)37(34,35)31-14-3-2-4-15-31/h5-13,16-17,32H,2-4,14-15H2,1H3. The van der Waals surface area contributed by atoms with E-state index in [-0.39, 0.29) is 27.8 Å². The molecule has 9 heteroatoms. The summed E-state index contributed by atoms with van der Waals surface area (Å²) < 4.78 is 35.4. The number of fused-ring (bicyclic) bond motifs is 2. The lowest BCUT2D eigenvalue weighted by molar-refractivity contribution is 0.101. The fraction of sp³-hybridized carbons (Fsp3) is 0.214. The first-order chi connectivity index (χ1) is 17.8. The van der Waals surface area contributed by atoms with Gasteiger partial charge in [0.05, 0.1) is 4.90 Å². The highest BCUT2D eigenvalue weighted by Crippen LogP contribution is 2.39. The monoisotopic (exact) mass is 515 g/mol. The Morgan fingerprint density at radius 3 is 2.51 bits per heavy atom. The highest BCUT2D eigenvalue weighted by atomic mass is 32.2. The van der Waals surface area contributed by atoms with E-state index in [1.54, 1.807) is 53.0 Å². The van der Waals surface area contributed by atoms with Crippen LogP contribution >= 0.6 is 0 Å². The fourth-order valence-electron chi connectivity index (χ4n) is 5.10. The summed E-state index contributed by atoms with van der Waals surface area (Å²) in [5, 5.41) is 10.9. The first-order valence-electron chi connectivity index (χ1n) is 12.2. The maximum Gasteiger partial charge on any atom is 0.243 e. The number of pyridine rings is 1. The van der Waals surface area contributed by atoms with Crippen LogP contribution in [0.1, 0.15) is 35.2 Å². The molecule has 2 aliphatic heterocycles. The van der Waals surface area contributed by atoms with E-state index >= 15 is 0 Å². The van der Waals surface area contributed by atoms with Crippen molar-refractivity contribution in [3.8, 4) is 22.6 Å². The maximum atomic E-state index is 13.1. The van der Waals surface area contributed by atoms with Crippen LogP contribution in [0.2, 0.25) is 0 Å². The molecule has 0 spiro atoms. The maximum absolute atomic E-state index is 13.1. The van der Waals surface area contributed by atoms with Crippen LogP contribution in [0.4, 0.5) is 0 Å². The Morgan fingerprint density at radius 1 is 1.03 bits per heavy atom. The number of aryl methyl sites for hydroxylation is 1. The van der Waals surface area contributed by atoms with Crippen LogP contribution in [-0.4, -0.2) is 46.3 Å². The topological polar surface area (TPSA) is 102 Å². The Kier molecular flexibility index (Phi) is 5.62. The average molecular weight is 516 g/mol. The molecule has 1 N–H and O–H groups in total. The van der Waals surface area contributed by atoms with E-state index in [2.05, 4.69) is 4.98 Å². The molecule has 2 aromatic carbocycles. The molecule has 188 valence electrons. The predicted molar refractivity (Wildman–Crippen MR) is 140 cm³/mol. The van der Waals surface area contributed by atoms with Gasteiger partial charge in [-0.05, 0) is 60.4 Å². The quantitative estimate of drug-likeness (QED) is 0.394. The van der Waals surface area contributed by atoms with Crippen molar-refractivity contribution in [2.45, 2.75) is 24.2 Å². The molecular weight excluding hydrogens is 490 g/mol. The summed E-state index contributed by atoms with van der Waals surface area (Å²) in [6, 6.07) is 13.5. The molecule has 0 radical (unpaired) electrons. The molecule has 2 aliphatic rings. The summed E-state index contributed by atoms with van der Waals surface area (Å²) in [5.74, 6) is -0.0734. The average Bonchev–Trinajstić information content (AvgIpc) is 3.41. The largest absolute Gasteiger partial charge is 0.507 e. The molecule has 1 fully saturated rings. The Labute approximate surface area is 214 Å². The molecule has 0 saturated carbocycles. The molecule has 4 aromatic rings. The number of carbonyl (C=O) groups excluding carboxylic acids is 1. The molecule has 1 saturated heterocycles. The van der Waals surface area contributed by atoms with Gasteiger partial charge in [-0.15, -0.1) is 0 Å². The molecule has 37 heavy (non-hydrogen) atoms. The molecular formula is C28H25N3O5S. The Balaban J connectivity index is 1.40. The van der Waals surface area contributed by atoms with Gasteiger partial charge < -0.3 is 14.4 Å². The summed E-state index contributed by atoms with van der Waals surface area (Å²) in [6.45, 7) is 1.11. The minimum Gasteiger partial charge on any atom is -0.507 e. The summed E-state index contributed by atoms with van der Waals surface area (Å²) in [6.07, 6.45) is 8.05. The van der Waals surface area contributed by atoms with Gasteiger partial charge in [-0.3, -0.25) is 4.79 Å². The molecule has 0 aliphatic carbocycles. The Morgan fingerprint density at radius 2 is 1.78 bits per heavy atom. The second-order valence-electron chi connectivity index (χ2n) is 9.33. The van der Waals surface area contributed by atoms with E-state index < -0.39 is 10.0 Å².